The van der Waals surface area contributed by atoms with Gasteiger partial charge in [0.2, 0.25) is 69.7 Å². The van der Waals surface area contributed by atoms with E-state index in [2.05, 4.69) is 9.47 Å². The first-order chi connectivity index (χ1) is 17.3. The average Bonchev–Trinajstić information content (AvgIpc) is 2.89. The molecule has 0 aliphatic heterocycles. The van der Waals surface area contributed by atoms with Crippen LogP contribution in [0.1, 0.15) is 24.3 Å². The number of hydrogen-bond acceptors (Lipinski definition) is 4. The van der Waals surface area contributed by atoms with Gasteiger partial charge in [-0.25, -0.2) is 26.3 Å². The summed E-state index contributed by atoms with van der Waals surface area (Å²) in [7, 11) is 0. The van der Waals surface area contributed by atoms with Crippen molar-refractivity contribution >= 4 is 11.9 Å². The van der Waals surface area contributed by atoms with Crippen LogP contribution in [0.4, 0.5) is 43.9 Å². The van der Waals surface area contributed by atoms with Crippen molar-refractivity contribution in [2.24, 2.45) is 0 Å². The summed E-state index contributed by atoms with van der Waals surface area (Å²) >= 11 is 0. The molecule has 0 fully saturated rings. The highest BCUT2D eigenvalue weighted by atomic mass is 19.2. The largest absolute Gasteiger partial charge is 0.420 e. The van der Waals surface area contributed by atoms with Crippen LogP contribution in [-0.2, 0) is 9.59 Å². The fourth-order valence-electron chi connectivity index (χ4n) is 3.10. The van der Waals surface area contributed by atoms with E-state index in [4.69, 9.17) is 0 Å². The number of esters is 2. The summed E-state index contributed by atoms with van der Waals surface area (Å²) < 4.78 is 144. The van der Waals surface area contributed by atoms with E-state index in [9.17, 15) is 53.5 Å². The lowest BCUT2D eigenvalue weighted by Crippen LogP contribution is -2.20. The second-order valence-corrected chi connectivity index (χ2v) is 7.26. The van der Waals surface area contributed by atoms with Crippen molar-refractivity contribution in [3.63, 3.8) is 0 Å². The van der Waals surface area contributed by atoms with Crippen LogP contribution in [-0.4, -0.2) is 11.9 Å². The predicted molar refractivity (Wildman–Crippen MR) is 102 cm³/mol. The van der Waals surface area contributed by atoms with Gasteiger partial charge in [0.25, 0.3) is 0 Å². The van der Waals surface area contributed by atoms with Crippen LogP contribution in [0, 0.1) is 58.2 Å². The molecule has 0 N–H and O–H groups in total. The van der Waals surface area contributed by atoms with Crippen LogP contribution in [0.5, 0.6) is 11.5 Å². The summed E-state index contributed by atoms with van der Waals surface area (Å²) in [5.41, 5.74) is 0.117. The number of carbonyl (C=O) groups is 2. The van der Waals surface area contributed by atoms with Gasteiger partial charge in [-0.3, -0.25) is 9.59 Å². The summed E-state index contributed by atoms with van der Waals surface area (Å²) in [5.74, 6) is -32.8. The predicted octanol–water partition coefficient (Wildman–Crippen LogP) is 6.15. The maximum atomic E-state index is 13.8. The van der Waals surface area contributed by atoms with Gasteiger partial charge in [-0.05, 0) is 5.56 Å². The molecule has 196 valence electrons. The Bertz CT molecular complexity index is 1230. The van der Waals surface area contributed by atoms with Crippen molar-refractivity contribution in [1.82, 2.24) is 0 Å². The Morgan fingerprint density at radius 3 is 1.14 bits per heavy atom. The lowest BCUT2D eigenvalue weighted by atomic mass is 9.92. The number of hydrogen-bond donors (Lipinski definition) is 0. The minimum atomic E-state index is -2.51. The molecule has 0 radical (unpaired) electrons. The van der Waals surface area contributed by atoms with Gasteiger partial charge in [0.1, 0.15) is 0 Å². The Morgan fingerprint density at radius 2 is 0.811 bits per heavy atom. The quantitative estimate of drug-likeness (QED) is 0.119. The van der Waals surface area contributed by atoms with E-state index in [1.165, 1.54) is 30.3 Å². The third kappa shape index (κ3) is 5.52. The van der Waals surface area contributed by atoms with Crippen LogP contribution in [0.15, 0.2) is 30.3 Å². The Kier molecular flexibility index (Phi) is 8.09. The Balaban J connectivity index is 1.86. The van der Waals surface area contributed by atoms with Crippen molar-refractivity contribution in [2.45, 2.75) is 18.8 Å². The van der Waals surface area contributed by atoms with E-state index in [-0.39, 0.29) is 5.56 Å². The van der Waals surface area contributed by atoms with Crippen LogP contribution in [0.2, 0.25) is 0 Å². The van der Waals surface area contributed by atoms with Gasteiger partial charge in [-0.1, -0.05) is 30.3 Å². The molecule has 0 saturated carbocycles. The molecule has 0 amide bonds. The summed E-state index contributed by atoms with van der Waals surface area (Å²) in [6.07, 6.45) is -1.98. The number of benzene rings is 3. The highest BCUT2D eigenvalue weighted by Crippen LogP contribution is 2.33. The van der Waals surface area contributed by atoms with E-state index in [1.807, 2.05) is 0 Å². The van der Waals surface area contributed by atoms with E-state index in [1.54, 1.807) is 0 Å². The summed E-state index contributed by atoms with van der Waals surface area (Å²) in [6, 6.07) is 6.89. The van der Waals surface area contributed by atoms with Gasteiger partial charge in [-0.2, -0.15) is 17.6 Å². The molecule has 0 spiro atoms. The number of rotatable bonds is 7. The molecule has 0 heterocycles. The first-order valence-electron chi connectivity index (χ1n) is 9.84. The van der Waals surface area contributed by atoms with Crippen molar-refractivity contribution in [1.29, 1.82) is 0 Å². The minimum absolute atomic E-state index is 0.117. The first kappa shape index (κ1) is 27.5. The molecule has 3 aromatic carbocycles. The molecule has 0 aliphatic rings. The number of carbonyl (C=O) groups excluding carboxylic acids is 2. The lowest BCUT2D eigenvalue weighted by molar-refractivity contribution is -0.137. The molecule has 4 nitrogen and oxygen atoms in total. The average molecular weight is 540 g/mol. The topological polar surface area (TPSA) is 52.6 Å². The van der Waals surface area contributed by atoms with Crippen molar-refractivity contribution in [3.05, 3.63) is 94.1 Å². The fourth-order valence-corrected chi connectivity index (χ4v) is 3.10. The zero-order chi connectivity index (χ0) is 27.6. The normalized spacial score (nSPS) is 11.1. The third-order valence-electron chi connectivity index (χ3n) is 4.87. The van der Waals surface area contributed by atoms with Gasteiger partial charge in [0, 0.05) is 5.92 Å². The van der Waals surface area contributed by atoms with Crippen molar-refractivity contribution in [3.8, 4) is 11.5 Å². The summed E-state index contributed by atoms with van der Waals surface area (Å²) in [6.45, 7) is 0. The molecular formula is C23H10F10O4. The molecule has 0 atom stereocenters. The molecule has 3 rings (SSSR count). The smallest absolute Gasteiger partial charge is 0.312 e. The molecule has 0 aromatic heterocycles. The van der Waals surface area contributed by atoms with E-state index >= 15 is 0 Å². The molecule has 14 heteroatoms. The van der Waals surface area contributed by atoms with Gasteiger partial charge in [-0.15, -0.1) is 0 Å². The van der Waals surface area contributed by atoms with Crippen LogP contribution < -0.4 is 9.47 Å². The second-order valence-electron chi connectivity index (χ2n) is 7.26. The lowest BCUT2D eigenvalue weighted by Gasteiger charge is -2.17. The van der Waals surface area contributed by atoms with Gasteiger partial charge < -0.3 is 9.47 Å². The fraction of sp³-hybridized carbons (Fsp3) is 0.130. The molecule has 0 aliphatic carbocycles. The van der Waals surface area contributed by atoms with Crippen LogP contribution in [0.3, 0.4) is 0 Å². The van der Waals surface area contributed by atoms with Crippen LogP contribution in [0.25, 0.3) is 0 Å². The number of halogens is 10. The zero-order valence-corrected chi connectivity index (χ0v) is 17.8. The first-order valence-corrected chi connectivity index (χ1v) is 9.84. The standard InChI is InChI=1S/C23H10F10O4/c24-12-14(26)18(30)22(19(31)15(12)27)36-10(34)6-9(8-4-2-1-3-5-8)7-11(35)37-23-20(32)16(28)13(25)17(29)21(23)33/h1-5,9H,6-7H2. The second kappa shape index (κ2) is 10.9. The molecule has 0 saturated heterocycles. The molecule has 3 aromatic rings. The third-order valence-corrected chi connectivity index (χ3v) is 4.87. The van der Waals surface area contributed by atoms with Gasteiger partial charge in [0.05, 0.1) is 12.8 Å². The SMILES string of the molecule is O=C(CC(CC(=O)Oc1c(F)c(F)c(F)c(F)c1F)c1ccccc1)Oc1c(F)c(F)c(F)c(F)c1F. The van der Waals surface area contributed by atoms with Gasteiger partial charge >= 0.3 is 11.9 Å². The van der Waals surface area contributed by atoms with E-state index < -0.39 is 100 Å². The number of ether oxygens (including phenoxy) is 2. The summed E-state index contributed by atoms with van der Waals surface area (Å²) in [5, 5.41) is 0. The minimum Gasteiger partial charge on any atom is -0.420 e. The van der Waals surface area contributed by atoms with E-state index in [0.717, 1.165) is 0 Å². The molecule has 37 heavy (non-hydrogen) atoms. The van der Waals surface area contributed by atoms with E-state index in [0.29, 0.717) is 0 Å². The molecule has 0 bridgehead atoms. The molecule has 0 unspecified atom stereocenters. The highest BCUT2D eigenvalue weighted by Gasteiger charge is 2.32. The highest BCUT2D eigenvalue weighted by molar-refractivity contribution is 5.77. The van der Waals surface area contributed by atoms with Crippen LogP contribution >= 0.6 is 0 Å². The zero-order valence-electron chi connectivity index (χ0n) is 17.8. The Hall–Kier alpha value is -4.10. The Labute approximate surface area is 200 Å². The molecular weight excluding hydrogens is 530 g/mol. The van der Waals surface area contributed by atoms with Crippen molar-refractivity contribution < 1.29 is 63.0 Å². The van der Waals surface area contributed by atoms with Crippen molar-refractivity contribution in [2.75, 3.05) is 0 Å². The monoisotopic (exact) mass is 540 g/mol. The Morgan fingerprint density at radius 1 is 0.514 bits per heavy atom. The maximum Gasteiger partial charge on any atom is 0.312 e. The summed E-state index contributed by atoms with van der Waals surface area (Å²) in [4.78, 5) is 24.6. The maximum absolute atomic E-state index is 13.8. The van der Waals surface area contributed by atoms with Gasteiger partial charge in [0.15, 0.2) is 0 Å².